The first-order chi connectivity index (χ1) is 13.0. The Morgan fingerprint density at radius 1 is 1.30 bits per heavy atom. The Bertz CT molecular complexity index is 999. The average Bonchev–Trinajstić information content (AvgIpc) is 3.04. The molecular formula is C20H23N5OS. The van der Waals surface area contributed by atoms with Gasteiger partial charge in [-0.2, -0.15) is 4.98 Å². The van der Waals surface area contributed by atoms with Crippen molar-refractivity contribution in [3.8, 4) is 0 Å². The fourth-order valence-corrected chi connectivity index (χ4v) is 4.36. The van der Waals surface area contributed by atoms with E-state index in [1.807, 2.05) is 32.9 Å². The summed E-state index contributed by atoms with van der Waals surface area (Å²) in [6.45, 7) is 5.81. The summed E-state index contributed by atoms with van der Waals surface area (Å²) in [4.78, 5) is 21.6. The first kappa shape index (κ1) is 18.0. The topological polar surface area (TPSA) is 72.2 Å². The molecule has 0 fully saturated rings. The van der Waals surface area contributed by atoms with Gasteiger partial charge in [-0.1, -0.05) is 36.0 Å². The molecule has 4 rings (SSSR count). The van der Waals surface area contributed by atoms with Crippen molar-refractivity contribution in [1.82, 2.24) is 24.9 Å². The van der Waals surface area contributed by atoms with Gasteiger partial charge in [-0.3, -0.25) is 4.79 Å². The molecule has 2 atom stereocenters. The lowest BCUT2D eigenvalue weighted by atomic mass is 9.88. The molecule has 0 spiro atoms. The summed E-state index contributed by atoms with van der Waals surface area (Å²) >= 11 is 1.37. The third kappa shape index (κ3) is 3.69. The van der Waals surface area contributed by atoms with Crippen molar-refractivity contribution in [1.29, 1.82) is 0 Å². The summed E-state index contributed by atoms with van der Waals surface area (Å²) in [5.41, 5.74) is 4.47. The highest BCUT2D eigenvalue weighted by atomic mass is 32.2. The summed E-state index contributed by atoms with van der Waals surface area (Å²) in [5.74, 6) is 0.588. The number of carbonyl (C=O) groups excluding carboxylic acids is 1. The molecule has 0 aliphatic heterocycles. The summed E-state index contributed by atoms with van der Waals surface area (Å²) < 4.78 is 1.72. The monoisotopic (exact) mass is 381 g/mol. The molecule has 7 heteroatoms. The summed E-state index contributed by atoms with van der Waals surface area (Å²) in [6.07, 6.45) is 3.17. The highest BCUT2D eigenvalue weighted by Crippen LogP contribution is 2.30. The van der Waals surface area contributed by atoms with Crippen LogP contribution in [0.4, 0.5) is 0 Å². The van der Waals surface area contributed by atoms with Crippen LogP contribution in [0.2, 0.25) is 0 Å². The number of hydrogen-bond donors (Lipinski definition) is 1. The fourth-order valence-electron chi connectivity index (χ4n) is 3.60. The summed E-state index contributed by atoms with van der Waals surface area (Å²) in [7, 11) is 0. The molecular weight excluding hydrogens is 358 g/mol. The minimum atomic E-state index is -0.280. The van der Waals surface area contributed by atoms with Crippen LogP contribution in [0.5, 0.6) is 0 Å². The van der Waals surface area contributed by atoms with Gasteiger partial charge in [0.15, 0.2) is 0 Å². The number of hydrogen-bond acceptors (Lipinski definition) is 5. The second-order valence-electron chi connectivity index (χ2n) is 7.06. The predicted molar refractivity (Wildman–Crippen MR) is 106 cm³/mol. The van der Waals surface area contributed by atoms with Crippen LogP contribution in [0, 0.1) is 13.8 Å². The van der Waals surface area contributed by atoms with Crippen molar-refractivity contribution in [2.75, 3.05) is 0 Å². The predicted octanol–water partition coefficient (Wildman–Crippen LogP) is 3.42. The van der Waals surface area contributed by atoms with E-state index in [2.05, 4.69) is 38.6 Å². The van der Waals surface area contributed by atoms with E-state index in [4.69, 9.17) is 0 Å². The molecule has 3 aromatic rings. The number of nitrogens with zero attached hydrogens (tertiary/aromatic N) is 4. The van der Waals surface area contributed by atoms with Crippen molar-refractivity contribution >= 4 is 23.4 Å². The molecule has 140 valence electrons. The van der Waals surface area contributed by atoms with E-state index in [9.17, 15) is 4.79 Å². The number of rotatable bonds is 4. The van der Waals surface area contributed by atoms with Crippen molar-refractivity contribution in [2.24, 2.45) is 0 Å². The smallest absolute Gasteiger partial charge is 0.253 e. The quantitative estimate of drug-likeness (QED) is 0.701. The van der Waals surface area contributed by atoms with E-state index >= 15 is 0 Å². The van der Waals surface area contributed by atoms with Crippen LogP contribution in [-0.4, -0.2) is 30.7 Å². The lowest BCUT2D eigenvalue weighted by Crippen LogP contribution is -2.35. The molecule has 2 aromatic heterocycles. The van der Waals surface area contributed by atoms with Gasteiger partial charge in [0.05, 0.1) is 11.3 Å². The second kappa shape index (κ2) is 7.31. The summed E-state index contributed by atoms with van der Waals surface area (Å²) in [5, 5.41) is 7.99. The van der Waals surface area contributed by atoms with Crippen molar-refractivity contribution < 1.29 is 4.79 Å². The molecule has 0 radical (unpaired) electrons. The lowest BCUT2D eigenvalue weighted by molar-refractivity contribution is -0.121. The highest BCUT2D eigenvalue weighted by molar-refractivity contribution is 8.00. The third-order valence-electron chi connectivity index (χ3n) is 4.94. The Labute approximate surface area is 162 Å². The van der Waals surface area contributed by atoms with Gasteiger partial charge in [-0.25, -0.2) is 9.50 Å². The van der Waals surface area contributed by atoms with Crippen LogP contribution < -0.4 is 5.32 Å². The van der Waals surface area contributed by atoms with Crippen LogP contribution in [0.25, 0.3) is 5.78 Å². The van der Waals surface area contributed by atoms with Gasteiger partial charge in [0, 0.05) is 11.4 Å². The molecule has 1 aliphatic rings. The first-order valence-electron chi connectivity index (χ1n) is 9.27. The van der Waals surface area contributed by atoms with Gasteiger partial charge >= 0.3 is 0 Å². The number of aryl methyl sites for hydroxylation is 3. The first-order valence-corrected chi connectivity index (χ1v) is 10.1. The van der Waals surface area contributed by atoms with Gasteiger partial charge in [-0.05, 0) is 57.2 Å². The SMILES string of the molecule is Cc1cc(C)n2nc(SC(C)C(=O)NC3CCCc4ccccc43)nc2n1. The van der Waals surface area contributed by atoms with Crippen LogP contribution >= 0.6 is 11.8 Å². The summed E-state index contributed by atoms with van der Waals surface area (Å²) in [6, 6.07) is 10.4. The van der Waals surface area contributed by atoms with E-state index in [0.717, 1.165) is 30.7 Å². The fraction of sp³-hybridized carbons (Fsp3) is 0.400. The zero-order valence-corrected chi connectivity index (χ0v) is 16.6. The molecule has 2 unspecified atom stereocenters. The van der Waals surface area contributed by atoms with Crippen molar-refractivity contribution in [2.45, 2.75) is 56.5 Å². The van der Waals surface area contributed by atoms with E-state index in [1.165, 1.54) is 22.9 Å². The average molecular weight is 382 g/mol. The maximum atomic E-state index is 12.8. The van der Waals surface area contributed by atoms with Crippen molar-refractivity contribution in [3.63, 3.8) is 0 Å². The molecule has 27 heavy (non-hydrogen) atoms. The molecule has 2 heterocycles. The van der Waals surface area contributed by atoms with Crippen LogP contribution in [0.15, 0.2) is 35.5 Å². The van der Waals surface area contributed by atoms with Crippen molar-refractivity contribution in [3.05, 3.63) is 52.8 Å². The maximum Gasteiger partial charge on any atom is 0.253 e. The Hall–Kier alpha value is -2.41. The minimum Gasteiger partial charge on any atom is -0.348 e. The van der Waals surface area contributed by atoms with Crippen LogP contribution in [0.1, 0.15) is 48.3 Å². The number of aromatic nitrogens is 4. The lowest BCUT2D eigenvalue weighted by Gasteiger charge is -2.27. The molecule has 1 aliphatic carbocycles. The number of carbonyl (C=O) groups is 1. The Morgan fingerprint density at radius 2 is 2.11 bits per heavy atom. The molecule has 0 bridgehead atoms. The van der Waals surface area contributed by atoms with Gasteiger partial charge < -0.3 is 5.32 Å². The van der Waals surface area contributed by atoms with Gasteiger partial charge in [0.2, 0.25) is 11.1 Å². The van der Waals surface area contributed by atoms with Crippen LogP contribution in [-0.2, 0) is 11.2 Å². The van der Waals surface area contributed by atoms with Gasteiger partial charge in [-0.15, -0.1) is 5.10 Å². The number of amides is 1. The second-order valence-corrected chi connectivity index (χ2v) is 8.37. The highest BCUT2D eigenvalue weighted by Gasteiger charge is 2.25. The largest absolute Gasteiger partial charge is 0.348 e. The standard InChI is InChI=1S/C20H23N5OS/c1-12-11-13(2)25-19(21-12)23-20(24-25)27-14(3)18(26)22-17-10-6-8-15-7-4-5-9-16(15)17/h4-5,7,9,11,14,17H,6,8,10H2,1-3H3,(H,22,26). The van der Waals surface area contributed by atoms with E-state index in [0.29, 0.717) is 10.9 Å². The van der Waals surface area contributed by atoms with E-state index in [1.54, 1.807) is 4.52 Å². The molecule has 1 amide bonds. The maximum absolute atomic E-state index is 12.8. The Morgan fingerprint density at radius 3 is 2.96 bits per heavy atom. The zero-order valence-electron chi connectivity index (χ0n) is 15.8. The molecule has 1 aromatic carbocycles. The minimum absolute atomic E-state index is 0.0152. The zero-order chi connectivity index (χ0) is 19.0. The third-order valence-corrected chi connectivity index (χ3v) is 5.89. The molecule has 1 N–H and O–H groups in total. The van der Waals surface area contributed by atoms with E-state index < -0.39 is 0 Å². The molecule has 6 nitrogen and oxygen atoms in total. The van der Waals surface area contributed by atoms with Gasteiger partial charge in [0.1, 0.15) is 0 Å². The number of thioether (sulfide) groups is 1. The normalized spacial score (nSPS) is 17.5. The molecule has 0 saturated carbocycles. The van der Waals surface area contributed by atoms with E-state index in [-0.39, 0.29) is 17.2 Å². The Balaban J connectivity index is 1.47. The van der Waals surface area contributed by atoms with Crippen LogP contribution in [0.3, 0.4) is 0 Å². The Kier molecular flexibility index (Phi) is 4.86. The molecule has 0 saturated heterocycles. The van der Waals surface area contributed by atoms with Gasteiger partial charge in [0.25, 0.3) is 5.78 Å². The number of fused-ring (bicyclic) bond motifs is 2. The number of benzene rings is 1. The number of nitrogens with one attached hydrogen (secondary N) is 1.